The molecule has 2 aliphatic heterocycles. The first-order valence-electron chi connectivity index (χ1n) is 20.6. The maximum absolute atomic E-state index is 13.9. The molecule has 0 saturated carbocycles. The largest absolute Gasteiger partial charge is 0.343 e. The van der Waals surface area contributed by atoms with E-state index < -0.39 is 20.0 Å². The summed E-state index contributed by atoms with van der Waals surface area (Å²) in [6.07, 6.45) is 12.4. The summed E-state index contributed by atoms with van der Waals surface area (Å²) in [4.78, 5) is 31.8. The third-order valence-corrected chi connectivity index (χ3v) is 15.0. The fourth-order valence-corrected chi connectivity index (χ4v) is 11.2. The Morgan fingerprint density at radius 1 is 0.519 bits per heavy atom. The summed E-state index contributed by atoms with van der Waals surface area (Å²) in [6, 6.07) is 13.2. The van der Waals surface area contributed by atoms with E-state index in [1.165, 1.54) is 0 Å². The Bertz CT molecular complexity index is 1680. The highest BCUT2D eigenvalue weighted by Crippen LogP contribution is 2.28. The lowest BCUT2D eigenvalue weighted by atomic mass is 10.0. The van der Waals surface area contributed by atoms with Crippen LogP contribution in [0.25, 0.3) is 0 Å². The lowest BCUT2D eigenvalue weighted by Gasteiger charge is -2.36. The summed E-state index contributed by atoms with van der Waals surface area (Å²) in [7, 11) is -7.49. The number of rotatable bonds is 19. The summed E-state index contributed by atoms with van der Waals surface area (Å²) in [5.74, 6) is -0.0243. The zero-order chi connectivity index (χ0) is 39.1. The van der Waals surface area contributed by atoms with Crippen molar-refractivity contribution in [3.63, 3.8) is 0 Å². The fraction of sp³-hybridized carbons (Fsp3) is 0.667. The molecule has 2 fully saturated rings. The van der Waals surface area contributed by atoms with Crippen LogP contribution in [0.5, 0.6) is 0 Å². The summed E-state index contributed by atoms with van der Waals surface area (Å²) in [5, 5.41) is 0. The molecule has 0 N–H and O–H groups in total. The van der Waals surface area contributed by atoms with Gasteiger partial charge in [0.25, 0.3) is 0 Å². The van der Waals surface area contributed by atoms with Crippen LogP contribution in [0, 0.1) is 13.8 Å². The van der Waals surface area contributed by atoms with E-state index in [0.29, 0.717) is 65.0 Å². The monoisotopic (exact) mass is 786 g/mol. The number of carbonyl (C=O) groups excluding carboxylic acids is 2. The van der Waals surface area contributed by atoms with Crippen molar-refractivity contribution >= 4 is 31.9 Å². The van der Waals surface area contributed by atoms with Crippen molar-refractivity contribution in [2.24, 2.45) is 0 Å². The van der Waals surface area contributed by atoms with Crippen molar-refractivity contribution in [1.29, 1.82) is 0 Å². The van der Waals surface area contributed by atoms with E-state index in [2.05, 4.69) is 13.8 Å². The number of nitrogens with zero attached hydrogens (tertiary/aromatic N) is 4. The van der Waals surface area contributed by atoms with Crippen molar-refractivity contribution in [3.8, 4) is 0 Å². The van der Waals surface area contributed by atoms with Crippen LogP contribution in [0.15, 0.2) is 58.3 Å². The molecule has 2 saturated heterocycles. The minimum Gasteiger partial charge on any atom is -0.343 e. The van der Waals surface area contributed by atoms with E-state index in [4.69, 9.17) is 0 Å². The number of amides is 2. The van der Waals surface area contributed by atoms with Gasteiger partial charge in [0, 0.05) is 64.2 Å². The van der Waals surface area contributed by atoms with Crippen LogP contribution >= 0.6 is 0 Å². The first-order valence-corrected chi connectivity index (χ1v) is 23.5. The van der Waals surface area contributed by atoms with Gasteiger partial charge in [0.15, 0.2) is 0 Å². The highest BCUT2D eigenvalue weighted by molar-refractivity contribution is 7.89. The molecular formula is C42H66N4O6S2. The molecule has 0 unspecified atom stereocenters. The molecule has 2 atom stereocenters. The van der Waals surface area contributed by atoms with Crippen LogP contribution in [0.3, 0.4) is 0 Å². The number of unbranched alkanes of at least 4 members (excludes halogenated alkanes) is 7. The molecule has 2 amide bonds. The molecular weight excluding hydrogens is 721 g/mol. The van der Waals surface area contributed by atoms with Gasteiger partial charge in [-0.3, -0.25) is 9.59 Å². The van der Waals surface area contributed by atoms with Crippen LogP contribution in [-0.4, -0.2) is 98.4 Å². The number of hydrogen-bond donors (Lipinski definition) is 0. The van der Waals surface area contributed by atoms with E-state index in [-0.39, 0.29) is 46.5 Å². The van der Waals surface area contributed by atoms with E-state index >= 15 is 0 Å². The van der Waals surface area contributed by atoms with Gasteiger partial charge in [0.1, 0.15) is 0 Å². The summed E-state index contributed by atoms with van der Waals surface area (Å²) < 4.78 is 58.6. The van der Waals surface area contributed by atoms with Crippen molar-refractivity contribution in [3.05, 3.63) is 59.7 Å². The van der Waals surface area contributed by atoms with E-state index in [0.717, 1.165) is 75.3 Å². The van der Waals surface area contributed by atoms with Crippen molar-refractivity contribution in [1.82, 2.24) is 18.4 Å². The van der Waals surface area contributed by atoms with Crippen molar-refractivity contribution in [2.45, 2.75) is 152 Å². The Kier molecular flexibility index (Phi) is 17.5. The predicted octanol–water partition coefficient (Wildman–Crippen LogP) is 7.69. The molecule has 0 aliphatic carbocycles. The quantitative estimate of drug-likeness (QED) is 0.135. The first-order chi connectivity index (χ1) is 25.9. The molecule has 54 heavy (non-hydrogen) atoms. The van der Waals surface area contributed by atoms with Gasteiger partial charge in [-0.15, -0.1) is 0 Å². The minimum atomic E-state index is -3.75. The maximum Gasteiger partial charge on any atom is 0.243 e. The zero-order valence-corrected chi connectivity index (χ0v) is 35.0. The lowest BCUT2D eigenvalue weighted by Crippen LogP contribution is -2.48. The van der Waals surface area contributed by atoms with Gasteiger partial charge in [-0.05, 0) is 76.6 Å². The van der Waals surface area contributed by atoms with Gasteiger partial charge in [-0.1, -0.05) is 101 Å². The molecule has 2 aliphatic rings. The second-order valence-corrected chi connectivity index (χ2v) is 19.2. The summed E-state index contributed by atoms with van der Waals surface area (Å²) in [6.45, 7) is 11.0. The standard InChI is InChI=1S/C42H66N4O6S2/c1-5-7-9-10-12-18-38-34-42(48)44(30-16-32-46(38)54(51,52)40-25-21-36(4)22-26-40)28-14-13-27-43-29-15-31-45(37(33-41(43)47)17-11-8-6-2)53(49,50)39-23-19-35(3)20-24-39/h19-26,37-38H,5-18,27-34H2,1-4H3/t37-,38-/m1/s1. The average Bonchev–Trinajstić information content (AvgIpc) is 3.13. The second kappa shape index (κ2) is 21.5. The maximum atomic E-state index is 13.9. The molecule has 0 bridgehead atoms. The SMILES string of the molecule is CCCCCCC[C@@H]1CC(=O)N(CCCCN2CCCN(S(=O)(=O)c3ccc(C)cc3)[C@H](CCCCC)CC2=O)CCCN1S(=O)(=O)c1ccc(C)cc1. The Morgan fingerprint density at radius 2 is 0.889 bits per heavy atom. The number of sulfonamides is 2. The molecule has 0 radical (unpaired) electrons. The molecule has 4 rings (SSSR count). The fourth-order valence-electron chi connectivity index (χ4n) is 7.82. The van der Waals surface area contributed by atoms with Crippen LogP contribution in [0.1, 0.15) is 128 Å². The second-order valence-electron chi connectivity index (χ2n) is 15.4. The molecule has 12 heteroatoms. The predicted molar refractivity (Wildman–Crippen MR) is 216 cm³/mol. The minimum absolute atomic E-state index is 0.00972. The summed E-state index contributed by atoms with van der Waals surface area (Å²) >= 11 is 0. The van der Waals surface area contributed by atoms with Crippen molar-refractivity contribution < 1.29 is 26.4 Å². The third kappa shape index (κ3) is 12.4. The Hall–Kier alpha value is -2.80. The number of benzene rings is 2. The third-order valence-electron chi connectivity index (χ3n) is 11.1. The van der Waals surface area contributed by atoms with Gasteiger partial charge in [-0.25, -0.2) is 16.8 Å². The lowest BCUT2D eigenvalue weighted by molar-refractivity contribution is -0.134. The summed E-state index contributed by atoms with van der Waals surface area (Å²) in [5.41, 5.74) is 1.99. The van der Waals surface area contributed by atoms with Gasteiger partial charge >= 0.3 is 0 Å². The Morgan fingerprint density at radius 3 is 1.30 bits per heavy atom. The van der Waals surface area contributed by atoms with Gasteiger partial charge < -0.3 is 9.80 Å². The van der Waals surface area contributed by atoms with Gasteiger partial charge in [0.05, 0.1) is 9.79 Å². The van der Waals surface area contributed by atoms with E-state index in [9.17, 15) is 26.4 Å². The zero-order valence-electron chi connectivity index (χ0n) is 33.4. The molecule has 302 valence electrons. The van der Waals surface area contributed by atoms with Crippen LogP contribution in [0.4, 0.5) is 0 Å². The molecule has 2 aromatic rings. The van der Waals surface area contributed by atoms with Crippen LogP contribution in [0.2, 0.25) is 0 Å². The highest BCUT2D eigenvalue weighted by atomic mass is 32.2. The number of aryl methyl sites for hydroxylation is 2. The van der Waals surface area contributed by atoms with Crippen molar-refractivity contribution in [2.75, 3.05) is 39.3 Å². The van der Waals surface area contributed by atoms with Crippen LogP contribution in [-0.2, 0) is 29.6 Å². The smallest absolute Gasteiger partial charge is 0.243 e. The van der Waals surface area contributed by atoms with Crippen LogP contribution < -0.4 is 0 Å². The Labute approximate surface area is 326 Å². The molecule has 0 spiro atoms. The first kappa shape index (κ1) is 43.9. The number of hydrogen-bond acceptors (Lipinski definition) is 6. The van der Waals surface area contributed by atoms with Gasteiger partial charge in [0.2, 0.25) is 31.9 Å². The Balaban J connectivity index is 1.36. The molecule has 0 aromatic heterocycles. The topological polar surface area (TPSA) is 115 Å². The highest BCUT2D eigenvalue weighted by Gasteiger charge is 2.36. The van der Waals surface area contributed by atoms with E-state index in [1.54, 1.807) is 32.9 Å². The molecule has 2 heterocycles. The van der Waals surface area contributed by atoms with E-state index in [1.807, 2.05) is 47.9 Å². The number of carbonyl (C=O) groups is 2. The molecule has 10 nitrogen and oxygen atoms in total. The molecule has 2 aromatic carbocycles. The normalized spacial score (nSPS) is 20.1. The van der Waals surface area contributed by atoms with Gasteiger partial charge in [-0.2, -0.15) is 8.61 Å². The average molecular weight is 787 g/mol.